The number of amides is 1. The van der Waals surface area contributed by atoms with Gasteiger partial charge in [0, 0.05) is 25.8 Å². The molecule has 12 heteroatoms. The number of ether oxygens (including phenoxy) is 2. The normalized spacial score (nSPS) is 16.2. The number of aromatic amines is 1. The molecule has 1 unspecified atom stereocenters. The Balaban J connectivity index is 1.52. The molecule has 1 amide bonds. The first-order valence-electron chi connectivity index (χ1n) is 9.08. The predicted molar refractivity (Wildman–Crippen MR) is 111 cm³/mol. The van der Waals surface area contributed by atoms with Crippen molar-refractivity contribution in [1.29, 1.82) is 0 Å². The number of H-pyrrole nitrogens is 1. The van der Waals surface area contributed by atoms with Gasteiger partial charge in [-0.2, -0.15) is 4.31 Å². The standard InChI is InChI=1S/C18H21Cl2N3O6S/c19-14-2-1-3-16(17(14)20)29-11-12(24)9-22-18(25)15-8-13(10-21-15)30(26,27)23-4-6-28-7-5-23/h1-3,8,10,12,21,24H,4-7,9,11H2,(H,22,25). The smallest absolute Gasteiger partial charge is 0.267 e. The number of nitrogens with zero attached hydrogens (tertiary/aromatic N) is 1. The first-order chi connectivity index (χ1) is 14.3. The van der Waals surface area contributed by atoms with Gasteiger partial charge in [0.2, 0.25) is 10.0 Å². The summed E-state index contributed by atoms with van der Waals surface area (Å²) in [5.41, 5.74) is 0.0628. The van der Waals surface area contributed by atoms with Crippen LogP contribution in [0.1, 0.15) is 10.5 Å². The highest BCUT2D eigenvalue weighted by Crippen LogP contribution is 2.31. The second-order valence-electron chi connectivity index (χ2n) is 6.49. The maximum Gasteiger partial charge on any atom is 0.267 e. The number of rotatable bonds is 8. The van der Waals surface area contributed by atoms with Gasteiger partial charge in [-0.15, -0.1) is 0 Å². The number of aliphatic hydroxyl groups excluding tert-OH is 1. The summed E-state index contributed by atoms with van der Waals surface area (Å²) in [7, 11) is -3.70. The maximum absolute atomic E-state index is 12.6. The van der Waals surface area contributed by atoms with Crippen LogP contribution in [0.5, 0.6) is 5.75 Å². The van der Waals surface area contributed by atoms with Crippen molar-refractivity contribution in [2.45, 2.75) is 11.0 Å². The van der Waals surface area contributed by atoms with Crippen LogP contribution in [0.2, 0.25) is 10.0 Å². The van der Waals surface area contributed by atoms with Crippen molar-refractivity contribution in [1.82, 2.24) is 14.6 Å². The molecule has 0 spiro atoms. The highest BCUT2D eigenvalue weighted by molar-refractivity contribution is 7.89. The molecule has 1 saturated heterocycles. The van der Waals surface area contributed by atoms with Crippen molar-refractivity contribution in [2.75, 3.05) is 39.5 Å². The van der Waals surface area contributed by atoms with Gasteiger partial charge in [0.25, 0.3) is 5.91 Å². The zero-order valence-corrected chi connectivity index (χ0v) is 18.1. The van der Waals surface area contributed by atoms with E-state index >= 15 is 0 Å². The monoisotopic (exact) mass is 477 g/mol. The number of halogens is 2. The molecule has 1 atom stereocenters. The second kappa shape index (κ2) is 9.99. The van der Waals surface area contributed by atoms with Gasteiger partial charge >= 0.3 is 0 Å². The molecule has 0 saturated carbocycles. The summed E-state index contributed by atoms with van der Waals surface area (Å²) < 4.78 is 37.1. The molecule has 1 aromatic carbocycles. The average molecular weight is 478 g/mol. The third-order valence-corrected chi connectivity index (χ3v) is 7.03. The molecule has 0 aliphatic carbocycles. The molecule has 1 fully saturated rings. The molecule has 30 heavy (non-hydrogen) atoms. The van der Waals surface area contributed by atoms with Crippen LogP contribution in [-0.2, 0) is 14.8 Å². The Labute approximate surface area is 183 Å². The number of nitrogens with one attached hydrogen (secondary N) is 2. The van der Waals surface area contributed by atoms with Crippen LogP contribution in [0.15, 0.2) is 35.4 Å². The molecule has 9 nitrogen and oxygen atoms in total. The minimum absolute atomic E-state index is 0.00553. The lowest BCUT2D eigenvalue weighted by atomic mass is 10.3. The van der Waals surface area contributed by atoms with Gasteiger partial charge in [0.15, 0.2) is 0 Å². The van der Waals surface area contributed by atoms with Crippen LogP contribution in [0, 0.1) is 0 Å². The van der Waals surface area contributed by atoms with Gasteiger partial charge in [-0.25, -0.2) is 8.42 Å². The van der Waals surface area contributed by atoms with Gasteiger partial charge in [0.1, 0.15) is 34.1 Å². The Bertz CT molecular complexity index is 992. The number of morpholine rings is 1. The van der Waals surface area contributed by atoms with E-state index in [2.05, 4.69) is 10.3 Å². The quantitative estimate of drug-likeness (QED) is 0.529. The fourth-order valence-electron chi connectivity index (χ4n) is 2.74. The van der Waals surface area contributed by atoms with Crippen molar-refractivity contribution < 1.29 is 27.8 Å². The van der Waals surface area contributed by atoms with E-state index in [1.807, 2.05) is 0 Å². The van der Waals surface area contributed by atoms with Gasteiger partial charge in [-0.05, 0) is 18.2 Å². The number of aliphatic hydroxyl groups is 1. The van der Waals surface area contributed by atoms with Crippen molar-refractivity contribution in [3.05, 3.63) is 46.2 Å². The van der Waals surface area contributed by atoms with Crippen LogP contribution in [0.25, 0.3) is 0 Å². The summed E-state index contributed by atoms with van der Waals surface area (Å²) in [5, 5.41) is 13.1. The average Bonchev–Trinajstić information content (AvgIpc) is 3.25. The first-order valence-corrected chi connectivity index (χ1v) is 11.3. The summed E-state index contributed by atoms with van der Waals surface area (Å²) in [4.78, 5) is 14.9. The SMILES string of the molecule is O=C(NCC(O)COc1cccc(Cl)c1Cl)c1cc(S(=O)(=O)N2CCOCC2)c[nH]1. The Morgan fingerprint density at radius 3 is 2.80 bits per heavy atom. The maximum atomic E-state index is 12.6. The minimum Gasteiger partial charge on any atom is -0.489 e. The molecular formula is C18H21Cl2N3O6S. The molecule has 164 valence electrons. The highest BCUT2D eigenvalue weighted by Gasteiger charge is 2.28. The van der Waals surface area contributed by atoms with Crippen LogP contribution in [-0.4, -0.2) is 74.3 Å². The van der Waals surface area contributed by atoms with Gasteiger partial charge in [-0.1, -0.05) is 29.3 Å². The molecule has 1 aliphatic heterocycles. The lowest BCUT2D eigenvalue weighted by Crippen LogP contribution is -2.40. The molecule has 0 radical (unpaired) electrons. The zero-order valence-electron chi connectivity index (χ0n) is 15.8. The zero-order chi connectivity index (χ0) is 21.7. The summed E-state index contributed by atoms with van der Waals surface area (Å²) in [6.45, 7) is 0.952. The third kappa shape index (κ3) is 5.45. The van der Waals surface area contributed by atoms with Crippen LogP contribution >= 0.6 is 23.2 Å². The molecule has 1 aliphatic rings. The molecule has 3 N–H and O–H groups in total. The summed E-state index contributed by atoms with van der Waals surface area (Å²) in [6.07, 6.45) is 0.246. The lowest BCUT2D eigenvalue weighted by Gasteiger charge is -2.25. The van der Waals surface area contributed by atoms with Crippen LogP contribution in [0.4, 0.5) is 0 Å². The number of carbonyl (C=O) groups is 1. The summed E-state index contributed by atoms with van der Waals surface area (Å²) in [6, 6.07) is 6.13. The van der Waals surface area contributed by atoms with Gasteiger partial charge in [-0.3, -0.25) is 4.79 Å². The van der Waals surface area contributed by atoms with Crippen molar-refractivity contribution in [3.8, 4) is 5.75 Å². The van der Waals surface area contributed by atoms with E-state index in [9.17, 15) is 18.3 Å². The highest BCUT2D eigenvalue weighted by atomic mass is 35.5. The van der Waals surface area contributed by atoms with Crippen LogP contribution in [0.3, 0.4) is 0 Å². The predicted octanol–water partition coefficient (Wildman–Crippen LogP) is 1.51. The molecule has 2 aromatic rings. The van der Waals surface area contributed by atoms with E-state index in [0.717, 1.165) is 0 Å². The van der Waals surface area contributed by atoms with E-state index in [4.69, 9.17) is 32.7 Å². The van der Waals surface area contributed by atoms with Gasteiger partial charge in [0.05, 0.1) is 18.2 Å². The number of hydrogen-bond donors (Lipinski definition) is 3. The molecule has 1 aromatic heterocycles. The number of sulfonamides is 1. The Morgan fingerprint density at radius 2 is 2.07 bits per heavy atom. The van der Waals surface area contributed by atoms with E-state index in [-0.39, 0.29) is 41.9 Å². The Morgan fingerprint density at radius 1 is 1.33 bits per heavy atom. The minimum atomic E-state index is -3.70. The largest absolute Gasteiger partial charge is 0.489 e. The Hall–Kier alpha value is -1.82. The number of hydrogen-bond acceptors (Lipinski definition) is 6. The van der Waals surface area contributed by atoms with Crippen molar-refractivity contribution >= 4 is 39.1 Å². The number of aromatic nitrogens is 1. The topological polar surface area (TPSA) is 121 Å². The third-order valence-electron chi connectivity index (χ3n) is 4.35. The van der Waals surface area contributed by atoms with E-state index < -0.39 is 22.0 Å². The van der Waals surface area contributed by atoms with Crippen molar-refractivity contribution in [2.24, 2.45) is 0 Å². The van der Waals surface area contributed by atoms with E-state index in [1.165, 1.54) is 16.6 Å². The lowest BCUT2D eigenvalue weighted by molar-refractivity contribution is 0.0730. The first kappa shape index (κ1) is 22.9. The molecule has 3 rings (SSSR count). The summed E-state index contributed by atoms with van der Waals surface area (Å²) in [5.74, 6) is -0.241. The molecule has 0 bridgehead atoms. The fourth-order valence-corrected chi connectivity index (χ4v) is 4.49. The van der Waals surface area contributed by atoms with E-state index in [1.54, 1.807) is 18.2 Å². The second-order valence-corrected chi connectivity index (χ2v) is 9.22. The number of carbonyl (C=O) groups excluding carboxylic acids is 1. The van der Waals surface area contributed by atoms with E-state index in [0.29, 0.717) is 24.0 Å². The van der Waals surface area contributed by atoms with Crippen LogP contribution < -0.4 is 10.1 Å². The number of benzene rings is 1. The fraction of sp³-hybridized carbons (Fsp3) is 0.389. The summed E-state index contributed by atoms with van der Waals surface area (Å²) >= 11 is 11.9. The van der Waals surface area contributed by atoms with Crippen molar-refractivity contribution in [3.63, 3.8) is 0 Å². The van der Waals surface area contributed by atoms with Gasteiger partial charge < -0.3 is 24.9 Å². The Kier molecular flexibility index (Phi) is 7.61. The molecule has 2 heterocycles. The molecular weight excluding hydrogens is 457 g/mol.